The molecule has 0 saturated carbocycles. The fourth-order valence-electron chi connectivity index (χ4n) is 0.533. The van der Waals surface area contributed by atoms with Crippen LogP contribution in [0.2, 0.25) is 0 Å². The minimum absolute atomic E-state index is 0.477. The summed E-state index contributed by atoms with van der Waals surface area (Å²) >= 11 is 1.80. The highest BCUT2D eigenvalue weighted by atomic mass is 32.2. The second-order valence-corrected chi connectivity index (χ2v) is 4.57. The fraction of sp³-hybridized carbons (Fsp3) is 1.00. The van der Waals surface area contributed by atoms with Gasteiger partial charge in [0.2, 0.25) is 0 Å². The SMILES string of the molecule is O=[S@]1CCCSC1. The Morgan fingerprint density at radius 1 is 1.57 bits per heavy atom. The summed E-state index contributed by atoms with van der Waals surface area (Å²) < 4.78 is 10.6. The molecule has 0 aromatic rings. The maximum atomic E-state index is 10.6. The average molecular weight is 136 g/mol. The molecule has 0 aliphatic carbocycles. The maximum absolute atomic E-state index is 10.6. The van der Waals surface area contributed by atoms with Gasteiger partial charge < -0.3 is 0 Å². The molecule has 1 aliphatic rings. The van der Waals surface area contributed by atoms with Gasteiger partial charge in [-0.1, -0.05) is 0 Å². The van der Waals surface area contributed by atoms with Gasteiger partial charge in [0.1, 0.15) is 0 Å². The monoisotopic (exact) mass is 136 g/mol. The Hall–Kier alpha value is 0.500. The molecule has 3 heteroatoms. The molecule has 0 unspecified atom stereocenters. The van der Waals surface area contributed by atoms with Crippen LogP contribution < -0.4 is 0 Å². The molecule has 1 heterocycles. The summed E-state index contributed by atoms with van der Waals surface area (Å²) in [7, 11) is -0.477. The van der Waals surface area contributed by atoms with E-state index in [9.17, 15) is 4.21 Å². The van der Waals surface area contributed by atoms with E-state index in [4.69, 9.17) is 0 Å². The van der Waals surface area contributed by atoms with E-state index in [1.165, 1.54) is 5.75 Å². The van der Waals surface area contributed by atoms with Crippen LogP contribution in [0.3, 0.4) is 0 Å². The number of hydrogen-bond acceptors (Lipinski definition) is 2. The summed E-state index contributed by atoms with van der Waals surface area (Å²) in [5.74, 6) is 2.15. The molecule has 0 aromatic heterocycles. The first-order valence-corrected chi connectivity index (χ1v) is 4.96. The quantitative estimate of drug-likeness (QED) is 0.490. The predicted octanol–water partition coefficient (Wildman–Crippen LogP) is 0.830. The molecule has 7 heavy (non-hydrogen) atoms. The van der Waals surface area contributed by atoms with Crippen molar-refractivity contribution in [1.29, 1.82) is 0 Å². The molecule has 1 fully saturated rings. The lowest BCUT2D eigenvalue weighted by Gasteiger charge is -2.06. The highest BCUT2D eigenvalue weighted by Gasteiger charge is 2.04. The van der Waals surface area contributed by atoms with Gasteiger partial charge in [-0.05, 0) is 12.2 Å². The van der Waals surface area contributed by atoms with E-state index in [0.717, 1.165) is 17.3 Å². The van der Waals surface area contributed by atoms with E-state index in [0.29, 0.717) is 0 Å². The minimum Gasteiger partial charge on any atom is -0.259 e. The van der Waals surface area contributed by atoms with Crippen molar-refractivity contribution in [2.24, 2.45) is 0 Å². The standard InChI is InChI=1S/C4H8OS2/c5-7-3-1-2-6-4-7/h1-4H2/t7-/m0/s1. The largest absolute Gasteiger partial charge is 0.259 e. The molecule has 0 bridgehead atoms. The lowest BCUT2D eigenvalue weighted by atomic mass is 10.6. The van der Waals surface area contributed by atoms with Crippen molar-refractivity contribution in [1.82, 2.24) is 0 Å². The summed E-state index contributed by atoms with van der Waals surface area (Å²) in [5.41, 5.74) is 0. The van der Waals surface area contributed by atoms with Gasteiger partial charge in [0.15, 0.2) is 0 Å². The molecule has 0 aromatic carbocycles. The minimum atomic E-state index is -0.477. The Bertz CT molecular complexity index is 73.8. The number of thioether (sulfide) groups is 1. The lowest BCUT2D eigenvalue weighted by Crippen LogP contribution is -2.07. The zero-order valence-electron chi connectivity index (χ0n) is 4.05. The molecule has 1 atom stereocenters. The van der Waals surface area contributed by atoms with Crippen molar-refractivity contribution in [2.45, 2.75) is 6.42 Å². The second kappa shape index (κ2) is 2.72. The third-order valence-corrected chi connectivity index (χ3v) is 3.92. The molecule has 0 N–H and O–H groups in total. The van der Waals surface area contributed by atoms with Crippen molar-refractivity contribution < 1.29 is 4.21 Å². The Balaban J connectivity index is 2.25. The smallest absolute Gasteiger partial charge is 0.0692 e. The summed E-state index contributed by atoms with van der Waals surface area (Å²) in [6, 6.07) is 0. The molecule has 1 saturated heterocycles. The molecule has 1 nitrogen and oxygen atoms in total. The topological polar surface area (TPSA) is 17.1 Å². The van der Waals surface area contributed by atoms with Crippen LogP contribution in [-0.4, -0.2) is 20.8 Å². The van der Waals surface area contributed by atoms with Crippen LogP contribution in [0, 0.1) is 0 Å². The van der Waals surface area contributed by atoms with Crippen molar-refractivity contribution in [3.05, 3.63) is 0 Å². The fourth-order valence-corrected chi connectivity index (χ4v) is 3.22. The van der Waals surface area contributed by atoms with Crippen molar-refractivity contribution in [2.75, 3.05) is 16.6 Å². The van der Waals surface area contributed by atoms with Crippen LogP contribution in [0.15, 0.2) is 0 Å². The van der Waals surface area contributed by atoms with Gasteiger partial charge in [-0.15, -0.1) is 11.8 Å². The second-order valence-electron chi connectivity index (χ2n) is 1.52. The van der Waals surface area contributed by atoms with Gasteiger partial charge in [-0.2, -0.15) is 0 Å². The average Bonchev–Trinajstić information content (AvgIpc) is 1.69. The van der Waals surface area contributed by atoms with Gasteiger partial charge in [0.25, 0.3) is 0 Å². The normalized spacial score (nSPS) is 32.9. The Morgan fingerprint density at radius 3 is 2.71 bits per heavy atom. The van der Waals surface area contributed by atoms with E-state index in [2.05, 4.69) is 0 Å². The third kappa shape index (κ3) is 1.82. The Kier molecular flexibility index (Phi) is 2.19. The number of hydrogen-bond donors (Lipinski definition) is 0. The first kappa shape index (κ1) is 5.63. The van der Waals surface area contributed by atoms with E-state index in [1.807, 2.05) is 0 Å². The zero-order valence-corrected chi connectivity index (χ0v) is 5.69. The van der Waals surface area contributed by atoms with E-state index in [-0.39, 0.29) is 0 Å². The van der Waals surface area contributed by atoms with E-state index >= 15 is 0 Å². The Labute approximate surface area is 50.3 Å². The number of rotatable bonds is 0. The van der Waals surface area contributed by atoms with Gasteiger partial charge in [0, 0.05) is 16.6 Å². The van der Waals surface area contributed by atoms with Gasteiger partial charge >= 0.3 is 0 Å². The van der Waals surface area contributed by atoms with Crippen LogP contribution >= 0.6 is 11.8 Å². The highest BCUT2D eigenvalue weighted by molar-refractivity contribution is 8.10. The summed E-state index contributed by atoms with van der Waals surface area (Å²) in [5, 5.41) is 0.875. The van der Waals surface area contributed by atoms with Gasteiger partial charge in [0.05, 0.1) is 5.08 Å². The van der Waals surface area contributed by atoms with Gasteiger partial charge in [-0.3, -0.25) is 4.21 Å². The van der Waals surface area contributed by atoms with Crippen molar-refractivity contribution in [3.63, 3.8) is 0 Å². The molecule has 0 spiro atoms. The van der Waals surface area contributed by atoms with Crippen LogP contribution in [-0.2, 0) is 10.8 Å². The lowest BCUT2D eigenvalue weighted by molar-refractivity contribution is 0.684. The third-order valence-electron chi connectivity index (χ3n) is 0.875. The summed E-state index contributed by atoms with van der Waals surface area (Å²) in [6.07, 6.45) is 1.15. The van der Waals surface area contributed by atoms with E-state index in [1.54, 1.807) is 11.8 Å². The molecular formula is C4H8OS2. The molecular weight excluding hydrogens is 128 g/mol. The first-order valence-electron chi connectivity index (χ1n) is 2.32. The van der Waals surface area contributed by atoms with Crippen LogP contribution in [0.5, 0.6) is 0 Å². The van der Waals surface area contributed by atoms with Crippen LogP contribution in [0.1, 0.15) is 6.42 Å². The maximum Gasteiger partial charge on any atom is 0.0692 e. The zero-order chi connectivity index (χ0) is 5.11. The molecule has 1 rings (SSSR count). The van der Waals surface area contributed by atoms with E-state index < -0.39 is 10.8 Å². The van der Waals surface area contributed by atoms with Crippen molar-refractivity contribution in [3.8, 4) is 0 Å². The van der Waals surface area contributed by atoms with Gasteiger partial charge in [-0.25, -0.2) is 0 Å². The molecule has 1 aliphatic heterocycles. The Morgan fingerprint density at radius 2 is 2.43 bits per heavy atom. The van der Waals surface area contributed by atoms with Crippen LogP contribution in [0.4, 0.5) is 0 Å². The molecule has 42 valence electrons. The van der Waals surface area contributed by atoms with Crippen molar-refractivity contribution >= 4 is 22.6 Å². The highest BCUT2D eigenvalue weighted by Crippen LogP contribution is 2.11. The predicted molar refractivity (Wildman–Crippen MR) is 35.0 cm³/mol. The molecule has 0 amide bonds. The van der Waals surface area contributed by atoms with Crippen LogP contribution in [0.25, 0.3) is 0 Å². The first-order chi connectivity index (χ1) is 3.39. The molecule has 0 radical (unpaired) electrons. The summed E-state index contributed by atoms with van der Waals surface area (Å²) in [6.45, 7) is 0. The summed E-state index contributed by atoms with van der Waals surface area (Å²) in [4.78, 5) is 0.